The van der Waals surface area contributed by atoms with Gasteiger partial charge in [0, 0.05) is 38.7 Å². The molecular formula is C24H27F2N3O5S2. The summed E-state index contributed by atoms with van der Waals surface area (Å²) in [6.45, 7) is 3.86. The van der Waals surface area contributed by atoms with E-state index >= 15 is 0 Å². The first-order valence-corrected chi connectivity index (χ1v) is 14.0. The van der Waals surface area contributed by atoms with E-state index in [1.54, 1.807) is 12.1 Å². The molecule has 1 fully saturated rings. The van der Waals surface area contributed by atoms with Crippen LogP contribution in [0.2, 0.25) is 0 Å². The van der Waals surface area contributed by atoms with E-state index in [1.165, 1.54) is 30.2 Å². The first kappa shape index (κ1) is 26.4. The van der Waals surface area contributed by atoms with Crippen LogP contribution in [0.15, 0.2) is 41.3 Å². The van der Waals surface area contributed by atoms with Crippen LogP contribution in [0.1, 0.15) is 12.8 Å². The zero-order chi connectivity index (χ0) is 25.7. The first-order valence-electron chi connectivity index (χ1n) is 11.5. The maximum absolute atomic E-state index is 14.3. The van der Waals surface area contributed by atoms with Crippen molar-refractivity contribution in [3.63, 3.8) is 0 Å². The number of morpholine rings is 1. The number of rotatable bonds is 10. The number of ether oxygens (including phenoxy) is 2. The minimum Gasteiger partial charge on any atom is -0.497 e. The lowest BCUT2D eigenvalue weighted by Gasteiger charge is -2.27. The second-order valence-corrected chi connectivity index (χ2v) is 11.4. The van der Waals surface area contributed by atoms with E-state index in [9.17, 15) is 22.0 Å². The molecule has 1 saturated heterocycles. The van der Waals surface area contributed by atoms with Crippen LogP contribution in [0.25, 0.3) is 10.2 Å². The van der Waals surface area contributed by atoms with Gasteiger partial charge in [0.1, 0.15) is 17.1 Å². The highest BCUT2D eigenvalue weighted by molar-refractivity contribution is 7.91. The van der Waals surface area contributed by atoms with Crippen molar-refractivity contribution < 1.29 is 31.5 Å². The van der Waals surface area contributed by atoms with Crippen molar-refractivity contribution in [3.8, 4) is 5.75 Å². The van der Waals surface area contributed by atoms with Crippen LogP contribution < -0.4 is 9.64 Å². The second kappa shape index (κ2) is 11.6. The number of hydrogen-bond acceptors (Lipinski definition) is 8. The number of halogens is 2. The van der Waals surface area contributed by atoms with Crippen molar-refractivity contribution in [1.29, 1.82) is 0 Å². The third-order valence-corrected chi connectivity index (χ3v) is 8.65. The van der Waals surface area contributed by atoms with Gasteiger partial charge in [0.05, 0.1) is 35.7 Å². The number of aromatic nitrogens is 1. The highest BCUT2D eigenvalue weighted by atomic mass is 32.2. The molecule has 4 rings (SSSR count). The van der Waals surface area contributed by atoms with Gasteiger partial charge in [0.25, 0.3) is 0 Å². The Labute approximate surface area is 212 Å². The monoisotopic (exact) mass is 539 g/mol. The summed E-state index contributed by atoms with van der Waals surface area (Å²) in [5.74, 6) is -1.86. The van der Waals surface area contributed by atoms with Crippen LogP contribution >= 0.6 is 11.3 Å². The van der Waals surface area contributed by atoms with Crippen LogP contribution in [0.5, 0.6) is 5.75 Å². The van der Waals surface area contributed by atoms with Gasteiger partial charge in [-0.05, 0) is 36.8 Å². The molecule has 1 aliphatic heterocycles. The number of fused-ring (bicyclic) bond motifs is 1. The highest BCUT2D eigenvalue weighted by Gasteiger charge is 2.24. The minimum atomic E-state index is -3.72. The molecule has 0 unspecified atom stereocenters. The predicted molar refractivity (Wildman–Crippen MR) is 133 cm³/mol. The molecule has 0 radical (unpaired) electrons. The fraction of sp³-hybridized carbons (Fsp3) is 0.417. The highest BCUT2D eigenvalue weighted by Crippen LogP contribution is 2.32. The van der Waals surface area contributed by atoms with E-state index < -0.39 is 33.1 Å². The van der Waals surface area contributed by atoms with Gasteiger partial charge >= 0.3 is 0 Å². The Kier molecular flexibility index (Phi) is 8.50. The number of amides is 1. The number of benzene rings is 2. The second-order valence-electron chi connectivity index (χ2n) is 8.33. The molecule has 2 aromatic carbocycles. The average Bonchev–Trinajstić information content (AvgIpc) is 3.30. The quantitative estimate of drug-likeness (QED) is 0.390. The smallest absolute Gasteiger partial charge is 0.229 e. The number of anilines is 1. The van der Waals surface area contributed by atoms with Gasteiger partial charge in [-0.15, -0.1) is 0 Å². The van der Waals surface area contributed by atoms with Gasteiger partial charge < -0.3 is 9.47 Å². The summed E-state index contributed by atoms with van der Waals surface area (Å²) in [5.41, 5.74) is -0.0202. The van der Waals surface area contributed by atoms with Crippen molar-refractivity contribution in [2.45, 2.75) is 17.7 Å². The van der Waals surface area contributed by atoms with E-state index in [4.69, 9.17) is 9.47 Å². The molecule has 0 aliphatic carbocycles. The van der Waals surface area contributed by atoms with Crippen LogP contribution in [0.4, 0.5) is 13.9 Å². The predicted octanol–water partition coefficient (Wildman–Crippen LogP) is 3.50. The van der Waals surface area contributed by atoms with Gasteiger partial charge in [0.2, 0.25) is 5.91 Å². The molecule has 3 aromatic rings. The van der Waals surface area contributed by atoms with Crippen molar-refractivity contribution in [1.82, 2.24) is 9.88 Å². The molecular weight excluding hydrogens is 512 g/mol. The molecule has 1 amide bonds. The number of sulfone groups is 1. The first-order chi connectivity index (χ1) is 17.3. The van der Waals surface area contributed by atoms with Gasteiger partial charge in [-0.25, -0.2) is 22.2 Å². The lowest BCUT2D eigenvalue weighted by Crippen LogP contribution is -2.39. The van der Waals surface area contributed by atoms with Gasteiger partial charge in [-0.2, -0.15) is 0 Å². The topological polar surface area (TPSA) is 89.0 Å². The summed E-state index contributed by atoms with van der Waals surface area (Å²) >= 11 is 0.999. The molecule has 2 heterocycles. The van der Waals surface area contributed by atoms with E-state index in [1.807, 2.05) is 0 Å². The van der Waals surface area contributed by atoms with Gasteiger partial charge in [-0.1, -0.05) is 11.3 Å². The number of thiazole rings is 1. The molecule has 8 nitrogen and oxygen atoms in total. The van der Waals surface area contributed by atoms with Crippen LogP contribution in [-0.2, 0) is 19.4 Å². The Morgan fingerprint density at radius 2 is 1.92 bits per heavy atom. The molecule has 12 heteroatoms. The van der Waals surface area contributed by atoms with Crippen LogP contribution in [0.3, 0.4) is 0 Å². The van der Waals surface area contributed by atoms with Gasteiger partial charge in [0.15, 0.2) is 20.8 Å². The van der Waals surface area contributed by atoms with Crippen LogP contribution in [-0.4, -0.2) is 76.5 Å². The molecule has 0 N–H and O–H groups in total. The minimum absolute atomic E-state index is 0.0202. The number of carbonyl (C=O) groups is 1. The standard InChI is InChI=1S/C24H27F2N3O5S2/c1-33-18-3-5-19(6-4-18)36(31,32)14-7-22(30)29(9-2-8-28-10-12-34-13-11-28)24-27-23-20(26)15-17(25)16-21(23)35-24/h3-6,15-16H,2,7-14H2,1H3. The number of carbonyl (C=O) groups excluding carboxylic acids is 1. The summed E-state index contributed by atoms with van der Waals surface area (Å²) in [4.78, 5) is 21.2. The van der Waals surface area contributed by atoms with Gasteiger partial charge in [-0.3, -0.25) is 14.6 Å². The molecule has 1 aromatic heterocycles. The van der Waals surface area contributed by atoms with Crippen molar-refractivity contribution in [2.24, 2.45) is 0 Å². The molecule has 194 valence electrons. The Morgan fingerprint density at radius 3 is 2.61 bits per heavy atom. The van der Waals surface area contributed by atoms with E-state index in [0.717, 1.165) is 30.5 Å². The Hall–Kier alpha value is -2.67. The van der Waals surface area contributed by atoms with E-state index in [-0.39, 0.29) is 33.2 Å². The van der Waals surface area contributed by atoms with Crippen molar-refractivity contribution >= 4 is 42.4 Å². The zero-order valence-electron chi connectivity index (χ0n) is 19.8. The summed E-state index contributed by atoms with van der Waals surface area (Å²) in [7, 11) is -2.24. The van der Waals surface area contributed by atoms with Crippen molar-refractivity contribution in [3.05, 3.63) is 48.0 Å². The lowest BCUT2D eigenvalue weighted by atomic mass is 10.3. The van der Waals surface area contributed by atoms with E-state index in [2.05, 4.69) is 9.88 Å². The Balaban J connectivity index is 1.50. The molecule has 0 atom stereocenters. The maximum atomic E-state index is 14.3. The lowest BCUT2D eigenvalue weighted by molar-refractivity contribution is -0.118. The fourth-order valence-electron chi connectivity index (χ4n) is 3.92. The summed E-state index contributed by atoms with van der Waals surface area (Å²) in [6.07, 6.45) is 0.322. The largest absolute Gasteiger partial charge is 0.497 e. The Bertz CT molecular complexity index is 1310. The summed E-state index contributed by atoms with van der Waals surface area (Å²) < 4.78 is 64.3. The SMILES string of the molecule is COc1ccc(S(=O)(=O)CCC(=O)N(CCCN2CCOCC2)c2nc3c(F)cc(F)cc3s2)cc1. The number of hydrogen-bond donors (Lipinski definition) is 0. The normalized spacial score (nSPS) is 14.8. The summed E-state index contributed by atoms with van der Waals surface area (Å²) in [5, 5.41) is 0.211. The molecule has 0 saturated carbocycles. The molecule has 1 aliphatic rings. The van der Waals surface area contributed by atoms with Crippen LogP contribution in [0, 0.1) is 11.6 Å². The fourth-order valence-corrected chi connectivity index (χ4v) is 6.20. The van der Waals surface area contributed by atoms with E-state index in [0.29, 0.717) is 31.9 Å². The third-order valence-electron chi connectivity index (χ3n) is 5.90. The maximum Gasteiger partial charge on any atom is 0.229 e. The Morgan fingerprint density at radius 1 is 1.19 bits per heavy atom. The van der Waals surface area contributed by atoms with Crippen molar-refractivity contribution in [2.75, 3.05) is 57.2 Å². The number of methoxy groups -OCH3 is 1. The molecule has 36 heavy (non-hydrogen) atoms. The number of nitrogens with zero attached hydrogens (tertiary/aromatic N) is 3. The molecule has 0 spiro atoms. The third kappa shape index (κ3) is 6.36. The zero-order valence-corrected chi connectivity index (χ0v) is 21.4. The summed E-state index contributed by atoms with van der Waals surface area (Å²) in [6, 6.07) is 7.87. The molecule has 0 bridgehead atoms. The average molecular weight is 540 g/mol.